The molecule has 1 fully saturated rings. The molecule has 1 saturated carbocycles. The highest BCUT2D eigenvalue weighted by atomic mass is 35.5. The number of carbonyl (C=O) groups excluding carboxylic acids is 1. The van der Waals surface area contributed by atoms with Gasteiger partial charge in [0.25, 0.3) is 0 Å². The molecule has 24 heavy (non-hydrogen) atoms. The summed E-state index contributed by atoms with van der Waals surface area (Å²) in [4.78, 5) is 17.2. The molecule has 7 heteroatoms. The van der Waals surface area contributed by atoms with Gasteiger partial charge in [-0.25, -0.2) is 4.98 Å². The number of nitrogens with two attached hydrogens (primary N) is 1. The van der Waals surface area contributed by atoms with E-state index in [2.05, 4.69) is 10.3 Å². The van der Waals surface area contributed by atoms with Crippen molar-refractivity contribution in [1.82, 2.24) is 4.98 Å². The number of aromatic nitrogens is 1. The van der Waals surface area contributed by atoms with Crippen molar-refractivity contribution in [2.45, 2.75) is 44.8 Å². The molecular formula is C17H24ClN3O2S. The number of methoxy groups -OCH3 is 1. The number of amides is 1. The van der Waals surface area contributed by atoms with Gasteiger partial charge in [-0.15, -0.1) is 12.4 Å². The van der Waals surface area contributed by atoms with Crippen LogP contribution in [0, 0.1) is 5.92 Å². The fraction of sp³-hybridized carbons (Fsp3) is 0.529. The van der Waals surface area contributed by atoms with Crippen molar-refractivity contribution in [3.05, 3.63) is 23.8 Å². The zero-order chi connectivity index (χ0) is 16.4. The van der Waals surface area contributed by atoms with Gasteiger partial charge in [-0.1, -0.05) is 36.3 Å². The summed E-state index contributed by atoms with van der Waals surface area (Å²) in [6, 6.07) is 5.99. The van der Waals surface area contributed by atoms with E-state index >= 15 is 0 Å². The average molecular weight is 370 g/mol. The molecule has 0 radical (unpaired) electrons. The topological polar surface area (TPSA) is 77.2 Å². The Hall–Kier alpha value is -1.21. The number of thiazole rings is 1. The Morgan fingerprint density at radius 3 is 3.00 bits per heavy atom. The quantitative estimate of drug-likeness (QED) is 0.861. The highest BCUT2D eigenvalue weighted by Gasteiger charge is 2.38. The largest absolute Gasteiger partial charge is 0.380 e. The molecule has 1 aliphatic rings. The molecule has 1 aromatic heterocycles. The fourth-order valence-corrected chi connectivity index (χ4v) is 4.23. The molecule has 0 spiro atoms. The lowest BCUT2D eigenvalue weighted by Gasteiger charge is -2.36. The van der Waals surface area contributed by atoms with E-state index in [9.17, 15) is 4.79 Å². The van der Waals surface area contributed by atoms with Crippen LogP contribution in [0.15, 0.2) is 18.2 Å². The Morgan fingerprint density at radius 1 is 1.50 bits per heavy atom. The van der Waals surface area contributed by atoms with E-state index < -0.39 is 5.54 Å². The van der Waals surface area contributed by atoms with Gasteiger partial charge in [0.15, 0.2) is 5.13 Å². The molecule has 0 aliphatic heterocycles. The maximum Gasteiger partial charge on any atom is 0.231 e. The summed E-state index contributed by atoms with van der Waals surface area (Å²) < 4.78 is 6.26. The average Bonchev–Trinajstić information content (AvgIpc) is 2.90. The number of para-hydroxylation sites is 1. The SMILES string of the molecule is COCc1cccc2sc(NC(=O)C3CCCCC3(C)N)nc12.Cl. The van der Waals surface area contributed by atoms with Crippen LogP contribution in [0.1, 0.15) is 38.2 Å². The minimum absolute atomic E-state index is 0. The minimum Gasteiger partial charge on any atom is -0.380 e. The zero-order valence-corrected chi connectivity index (χ0v) is 15.6. The van der Waals surface area contributed by atoms with Gasteiger partial charge in [0.2, 0.25) is 5.91 Å². The van der Waals surface area contributed by atoms with Crippen molar-refractivity contribution in [3.8, 4) is 0 Å². The molecule has 3 N–H and O–H groups in total. The number of hydrogen-bond acceptors (Lipinski definition) is 5. The first-order chi connectivity index (χ1) is 11.0. The summed E-state index contributed by atoms with van der Waals surface area (Å²) >= 11 is 1.49. The maximum atomic E-state index is 12.6. The van der Waals surface area contributed by atoms with E-state index in [4.69, 9.17) is 10.5 Å². The van der Waals surface area contributed by atoms with Crippen LogP contribution in [0.2, 0.25) is 0 Å². The number of hydrogen-bond donors (Lipinski definition) is 2. The van der Waals surface area contributed by atoms with Gasteiger partial charge in [-0.2, -0.15) is 0 Å². The number of anilines is 1. The van der Waals surface area contributed by atoms with E-state index in [1.807, 2.05) is 25.1 Å². The van der Waals surface area contributed by atoms with Crippen LogP contribution in [0.3, 0.4) is 0 Å². The molecule has 5 nitrogen and oxygen atoms in total. The summed E-state index contributed by atoms with van der Waals surface area (Å²) in [5, 5.41) is 3.61. The summed E-state index contributed by atoms with van der Waals surface area (Å²) in [5.74, 6) is -0.163. The number of fused-ring (bicyclic) bond motifs is 1. The molecule has 2 atom stereocenters. The number of halogens is 1. The van der Waals surface area contributed by atoms with Crippen LogP contribution in [-0.2, 0) is 16.1 Å². The number of carbonyl (C=O) groups is 1. The van der Waals surface area contributed by atoms with Crippen LogP contribution in [0.5, 0.6) is 0 Å². The number of nitrogens with one attached hydrogen (secondary N) is 1. The van der Waals surface area contributed by atoms with Crippen molar-refractivity contribution in [2.24, 2.45) is 11.7 Å². The predicted molar refractivity (Wildman–Crippen MR) is 101 cm³/mol. The van der Waals surface area contributed by atoms with Gasteiger partial charge >= 0.3 is 0 Å². The Kier molecular flexibility index (Phi) is 6.20. The van der Waals surface area contributed by atoms with E-state index in [1.54, 1.807) is 7.11 Å². The van der Waals surface area contributed by atoms with E-state index in [1.165, 1.54) is 11.3 Å². The van der Waals surface area contributed by atoms with Crippen LogP contribution in [0.4, 0.5) is 5.13 Å². The number of rotatable bonds is 4. The molecule has 1 aromatic carbocycles. The van der Waals surface area contributed by atoms with E-state index in [0.717, 1.165) is 41.5 Å². The van der Waals surface area contributed by atoms with Crippen LogP contribution in [0.25, 0.3) is 10.2 Å². The lowest BCUT2D eigenvalue weighted by Crippen LogP contribution is -2.51. The fourth-order valence-electron chi connectivity index (χ4n) is 3.31. The number of ether oxygens (including phenoxy) is 1. The normalized spacial score (nSPS) is 23.7. The van der Waals surface area contributed by atoms with E-state index in [0.29, 0.717) is 11.7 Å². The molecule has 0 saturated heterocycles. The number of benzene rings is 1. The third-order valence-corrected chi connectivity index (χ3v) is 5.54. The lowest BCUT2D eigenvalue weighted by atomic mass is 9.74. The summed E-state index contributed by atoms with van der Waals surface area (Å²) in [7, 11) is 1.67. The van der Waals surface area contributed by atoms with Crippen molar-refractivity contribution < 1.29 is 9.53 Å². The van der Waals surface area contributed by atoms with Crippen LogP contribution >= 0.6 is 23.7 Å². The van der Waals surface area contributed by atoms with Gasteiger partial charge in [0, 0.05) is 18.2 Å². The second kappa shape index (κ2) is 7.78. The smallest absolute Gasteiger partial charge is 0.231 e. The van der Waals surface area contributed by atoms with Crippen LogP contribution < -0.4 is 11.1 Å². The molecule has 1 heterocycles. The zero-order valence-electron chi connectivity index (χ0n) is 14.0. The molecule has 2 aromatic rings. The Bertz CT molecular complexity index is 717. The standard InChI is InChI=1S/C17H23N3O2S.ClH/c1-17(18)9-4-3-7-12(17)15(21)20-16-19-14-11(10-22-2)6-5-8-13(14)23-16;/h5-6,8,12H,3-4,7,9-10,18H2,1-2H3,(H,19,20,21);1H. The summed E-state index contributed by atoms with van der Waals surface area (Å²) in [5.41, 5.74) is 7.82. The summed E-state index contributed by atoms with van der Waals surface area (Å²) in [6.45, 7) is 2.49. The van der Waals surface area contributed by atoms with Crippen molar-refractivity contribution in [1.29, 1.82) is 0 Å². The molecule has 1 aliphatic carbocycles. The van der Waals surface area contributed by atoms with Gasteiger partial charge in [0.1, 0.15) is 0 Å². The molecular weight excluding hydrogens is 346 g/mol. The van der Waals surface area contributed by atoms with Gasteiger partial charge in [-0.05, 0) is 25.8 Å². The van der Waals surface area contributed by atoms with Crippen molar-refractivity contribution >= 4 is 45.0 Å². The first-order valence-electron chi connectivity index (χ1n) is 7.98. The second-order valence-corrected chi connectivity index (χ2v) is 7.54. The highest BCUT2D eigenvalue weighted by molar-refractivity contribution is 7.22. The maximum absolute atomic E-state index is 12.6. The minimum atomic E-state index is -0.430. The van der Waals surface area contributed by atoms with Gasteiger partial charge < -0.3 is 15.8 Å². The Morgan fingerprint density at radius 2 is 2.29 bits per heavy atom. The summed E-state index contributed by atoms with van der Waals surface area (Å²) in [6.07, 6.45) is 3.89. The Balaban J connectivity index is 0.00000208. The molecule has 132 valence electrons. The second-order valence-electron chi connectivity index (χ2n) is 6.51. The van der Waals surface area contributed by atoms with Crippen LogP contribution in [-0.4, -0.2) is 23.5 Å². The first-order valence-corrected chi connectivity index (χ1v) is 8.80. The third kappa shape index (κ3) is 3.88. The monoisotopic (exact) mass is 369 g/mol. The molecule has 2 unspecified atom stereocenters. The highest BCUT2D eigenvalue weighted by Crippen LogP contribution is 2.34. The Labute approximate surface area is 152 Å². The lowest BCUT2D eigenvalue weighted by molar-refractivity contribution is -0.122. The van der Waals surface area contributed by atoms with Crippen molar-refractivity contribution in [2.75, 3.05) is 12.4 Å². The van der Waals surface area contributed by atoms with Gasteiger partial charge in [0.05, 0.1) is 22.7 Å². The molecule has 3 rings (SSSR count). The predicted octanol–water partition coefficient (Wildman–Crippen LogP) is 3.71. The first kappa shape index (κ1) is 19.1. The molecule has 1 amide bonds. The van der Waals surface area contributed by atoms with Gasteiger partial charge in [-0.3, -0.25) is 4.79 Å². The van der Waals surface area contributed by atoms with Crippen molar-refractivity contribution in [3.63, 3.8) is 0 Å². The third-order valence-electron chi connectivity index (χ3n) is 4.60. The molecule has 0 bridgehead atoms. The van der Waals surface area contributed by atoms with E-state index in [-0.39, 0.29) is 24.2 Å². The number of nitrogens with zero attached hydrogens (tertiary/aromatic N) is 1.